The van der Waals surface area contributed by atoms with E-state index in [0.717, 1.165) is 41.6 Å². The summed E-state index contributed by atoms with van der Waals surface area (Å²) in [5.74, 6) is 0.744. The van der Waals surface area contributed by atoms with Crippen LogP contribution < -0.4 is 20.3 Å². The van der Waals surface area contributed by atoms with Crippen molar-refractivity contribution in [1.82, 2.24) is 9.78 Å². The Morgan fingerprint density at radius 3 is 2.38 bits per heavy atom. The van der Waals surface area contributed by atoms with Gasteiger partial charge in [0, 0.05) is 22.9 Å². The van der Waals surface area contributed by atoms with E-state index >= 15 is 0 Å². The quantitative estimate of drug-likeness (QED) is 0.635. The molecular weight excluding hydrogens is 406 g/mol. The molecule has 0 spiro atoms. The van der Waals surface area contributed by atoms with Gasteiger partial charge in [-0.1, -0.05) is 30.3 Å². The second-order valence-corrected chi connectivity index (χ2v) is 7.86. The summed E-state index contributed by atoms with van der Waals surface area (Å²) >= 11 is 0. The second-order valence-electron chi connectivity index (χ2n) is 7.86. The van der Waals surface area contributed by atoms with Crippen molar-refractivity contribution in [3.63, 3.8) is 0 Å². The highest BCUT2D eigenvalue weighted by Gasteiger charge is 2.25. The molecule has 2 aromatic carbocycles. The summed E-state index contributed by atoms with van der Waals surface area (Å²) in [6.45, 7) is 1.69. The molecule has 32 heavy (non-hydrogen) atoms. The van der Waals surface area contributed by atoms with Crippen molar-refractivity contribution < 1.29 is 14.3 Å². The van der Waals surface area contributed by atoms with Gasteiger partial charge in [-0.25, -0.2) is 4.68 Å². The highest BCUT2D eigenvalue weighted by Crippen LogP contribution is 2.31. The van der Waals surface area contributed by atoms with E-state index in [2.05, 4.69) is 10.4 Å². The van der Waals surface area contributed by atoms with Crippen LogP contribution in [0.1, 0.15) is 36.9 Å². The van der Waals surface area contributed by atoms with Crippen LogP contribution in [0.15, 0.2) is 53.3 Å². The van der Waals surface area contributed by atoms with Crippen LogP contribution in [0.2, 0.25) is 0 Å². The van der Waals surface area contributed by atoms with Gasteiger partial charge in [-0.15, -0.1) is 0 Å². The number of rotatable bonds is 6. The number of nitrogens with zero attached hydrogens (tertiary/aromatic N) is 2. The maximum Gasteiger partial charge on any atom is 0.271 e. The highest BCUT2D eigenvalue weighted by molar-refractivity contribution is 5.93. The van der Waals surface area contributed by atoms with Crippen LogP contribution in [0, 0.1) is 0 Å². The number of fused-ring (bicyclic) bond motifs is 1. The summed E-state index contributed by atoms with van der Waals surface area (Å²) in [6.07, 6.45) is 3.54. The number of anilines is 1. The van der Waals surface area contributed by atoms with Gasteiger partial charge in [0.05, 0.1) is 19.9 Å². The molecule has 1 heterocycles. The smallest absolute Gasteiger partial charge is 0.271 e. The monoisotopic (exact) mass is 433 g/mol. The van der Waals surface area contributed by atoms with E-state index in [0.29, 0.717) is 23.6 Å². The zero-order chi connectivity index (χ0) is 22.7. The average Bonchev–Trinajstić information content (AvgIpc) is 2.84. The van der Waals surface area contributed by atoms with Crippen molar-refractivity contribution in [1.29, 1.82) is 0 Å². The zero-order valence-corrected chi connectivity index (χ0v) is 18.6. The summed E-state index contributed by atoms with van der Waals surface area (Å²) in [5.41, 5.74) is 3.88. The Labute approximate surface area is 187 Å². The molecule has 0 saturated heterocycles. The summed E-state index contributed by atoms with van der Waals surface area (Å²) in [4.78, 5) is 26.3. The van der Waals surface area contributed by atoms with E-state index < -0.39 is 6.04 Å². The van der Waals surface area contributed by atoms with Crippen molar-refractivity contribution in [3.8, 4) is 22.8 Å². The summed E-state index contributed by atoms with van der Waals surface area (Å²) < 4.78 is 11.9. The maximum atomic E-state index is 13.3. The third kappa shape index (κ3) is 4.10. The molecule has 7 heteroatoms. The lowest BCUT2D eigenvalue weighted by molar-refractivity contribution is -0.119. The fourth-order valence-electron chi connectivity index (χ4n) is 4.12. The first-order chi connectivity index (χ1) is 15.5. The van der Waals surface area contributed by atoms with E-state index in [9.17, 15) is 9.59 Å². The molecule has 1 aliphatic carbocycles. The van der Waals surface area contributed by atoms with Gasteiger partial charge in [0.25, 0.3) is 5.56 Å². The largest absolute Gasteiger partial charge is 0.493 e. The van der Waals surface area contributed by atoms with Crippen LogP contribution in [-0.4, -0.2) is 29.9 Å². The lowest BCUT2D eigenvalue weighted by Gasteiger charge is -2.22. The Hall–Kier alpha value is -3.61. The minimum Gasteiger partial charge on any atom is -0.493 e. The summed E-state index contributed by atoms with van der Waals surface area (Å²) in [7, 11) is 3.09. The van der Waals surface area contributed by atoms with Gasteiger partial charge >= 0.3 is 0 Å². The molecule has 1 aliphatic rings. The normalized spacial score (nSPS) is 13.7. The van der Waals surface area contributed by atoms with Gasteiger partial charge in [-0.3, -0.25) is 9.59 Å². The number of amides is 1. The predicted molar refractivity (Wildman–Crippen MR) is 123 cm³/mol. The standard InChI is InChI=1S/C25H27N3O4/c1-16(24(29)26-18-13-14-21(31-2)22(15-18)32-3)28-25(30)20-12-8-7-11-19(20)23(27-28)17-9-5-4-6-10-17/h4-6,9-10,13-16H,7-8,11-12H2,1-3H3,(H,26,29). The maximum absolute atomic E-state index is 13.3. The number of carbonyl (C=O) groups excluding carboxylic acids is 1. The Kier molecular flexibility index (Phi) is 6.25. The molecule has 0 fully saturated rings. The van der Waals surface area contributed by atoms with Gasteiger partial charge in [-0.05, 0) is 50.3 Å². The van der Waals surface area contributed by atoms with Crippen LogP contribution >= 0.6 is 0 Å². The molecule has 4 rings (SSSR count). The summed E-state index contributed by atoms with van der Waals surface area (Å²) in [6, 6.07) is 14.2. The van der Waals surface area contributed by atoms with Gasteiger partial charge in [0.15, 0.2) is 11.5 Å². The minimum absolute atomic E-state index is 0.186. The average molecular weight is 434 g/mol. The molecule has 1 N–H and O–H groups in total. The SMILES string of the molecule is COc1ccc(NC(=O)C(C)n2nc(-c3ccccc3)c3c(c2=O)CCCC3)cc1OC. The molecule has 1 atom stereocenters. The molecule has 0 aliphatic heterocycles. The lowest BCUT2D eigenvalue weighted by atomic mass is 9.89. The zero-order valence-electron chi connectivity index (χ0n) is 18.6. The number of hydrogen-bond donors (Lipinski definition) is 1. The van der Waals surface area contributed by atoms with Crippen molar-refractivity contribution in [2.24, 2.45) is 0 Å². The van der Waals surface area contributed by atoms with Crippen LogP contribution in [0.5, 0.6) is 11.5 Å². The topological polar surface area (TPSA) is 82.5 Å². The summed E-state index contributed by atoms with van der Waals surface area (Å²) in [5, 5.41) is 7.54. The van der Waals surface area contributed by atoms with Crippen molar-refractivity contribution >= 4 is 11.6 Å². The number of hydrogen-bond acceptors (Lipinski definition) is 5. The molecule has 1 amide bonds. The fourth-order valence-corrected chi connectivity index (χ4v) is 4.12. The lowest BCUT2D eigenvalue weighted by Crippen LogP contribution is -2.37. The van der Waals surface area contributed by atoms with Crippen molar-refractivity contribution in [3.05, 3.63) is 70.0 Å². The third-order valence-corrected chi connectivity index (χ3v) is 5.87. The molecule has 3 aromatic rings. The van der Waals surface area contributed by atoms with E-state index in [1.165, 1.54) is 11.8 Å². The van der Waals surface area contributed by atoms with Crippen molar-refractivity contribution in [2.75, 3.05) is 19.5 Å². The van der Waals surface area contributed by atoms with E-state index in [1.807, 2.05) is 30.3 Å². The molecule has 1 unspecified atom stereocenters. The van der Waals surface area contributed by atoms with E-state index in [1.54, 1.807) is 32.2 Å². The molecule has 7 nitrogen and oxygen atoms in total. The van der Waals surface area contributed by atoms with Gasteiger partial charge in [0.2, 0.25) is 5.91 Å². The number of carbonyl (C=O) groups is 1. The molecule has 0 radical (unpaired) electrons. The van der Waals surface area contributed by atoms with Crippen LogP contribution in [-0.2, 0) is 17.6 Å². The van der Waals surface area contributed by atoms with Crippen LogP contribution in [0.25, 0.3) is 11.3 Å². The number of methoxy groups -OCH3 is 2. The second kappa shape index (κ2) is 9.26. The van der Waals surface area contributed by atoms with Gasteiger partial charge in [-0.2, -0.15) is 5.10 Å². The minimum atomic E-state index is -0.787. The number of benzene rings is 2. The first kappa shape index (κ1) is 21.6. The molecule has 1 aromatic heterocycles. The first-order valence-electron chi connectivity index (χ1n) is 10.8. The molecule has 0 bridgehead atoms. The Balaban J connectivity index is 1.70. The Bertz CT molecular complexity index is 1190. The molecule has 0 saturated carbocycles. The number of ether oxygens (including phenoxy) is 2. The van der Waals surface area contributed by atoms with Crippen LogP contribution in [0.4, 0.5) is 5.69 Å². The third-order valence-electron chi connectivity index (χ3n) is 5.87. The molecule has 166 valence electrons. The first-order valence-corrected chi connectivity index (χ1v) is 10.8. The van der Waals surface area contributed by atoms with Crippen molar-refractivity contribution in [2.45, 2.75) is 38.6 Å². The Morgan fingerprint density at radius 1 is 1.00 bits per heavy atom. The number of nitrogens with one attached hydrogen (secondary N) is 1. The van der Waals surface area contributed by atoms with Crippen LogP contribution in [0.3, 0.4) is 0 Å². The predicted octanol–water partition coefficient (Wildman–Crippen LogP) is 4.01. The fraction of sp³-hybridized carbons (Fsp3) is 0.320. The van der Waals surface area contributed by atoms with Gasteiger partial charge < -0.3 is 14.8 Å². The number of aromatic nitrogens is 2. The van der Waals surface area contributed by atoms with E-state index in [4.69, 9.17) is 9.47 Å². The van der Waals surface area contributed by atoms with Gasteiger partial charge in [0.1, 0.15) is 6.04 Å². The Morgan fingerprint density at radius 2 is 1.69 bits per heavy atom. The highest BCUT2D eigenvalue weighted by atomic mass is 16.5. The van der Waals surface area contributed by atoms with E-state index in [-0.39, 0.29) is 11.5 Å². The molecular formula is C25H27N3O4.